The number of hydrogen-bond donors (Lipinski definition) is 2. The molecule has 2 atom stereocenters. The van der Waals surface area contributed by atoms with Crippen molar-refractivity contribution in [1.82, 2.24) is 20.2 Å². The number of likely N-dealkylation sites (tertiary alicyclic amines) is 1. The van der Waals surface area contributed by atoms with Gasteiger partial charge < -0.3 is 15.2 Å². The summed E-state index contributed by atoms with van der Waals surface area (Å²) in [7, 11) is 0. The van der Waals surface area contributed by atoms with Gasteiger partial charge in [-0.1, -0.05) is 42.5 Å². The van der Waals surface area contributed by atoms with Gasteiger partial charge in [-0.05, 0) is 43.0 Å². The molecule has 1 unspecified atom stereocenters. The molecule has 1 aliphatic rings. The van der Waals surface area contributed by atoms with E-state index in [0.29, 0.717) is 31.5 Å². The van der Waals surface area contributed by atoms with Crippen LogP contribution in [0.5, 0.6) is 0 Å². The monoisotopic (exact) mass is 455 g/mol. The van der Waals surface area contributed by atoms with Crippen molar-refractivity contribution in [2.24, 2.45) is 5.92 Å². The number of H-pyrrole nitrogens is 1. The second-order valence-corrected chi connectivity index (χ2v) is 9.11. The Kier molecular flexibility index (Phi) is 7.07. The van der Waals surface area contributed by atoms with E-state index in [2.05, 4.69) is 21.4 Å². The molecule has 0 saturated carbocycles. The maximum absolute atomic E-state index is 13.4. The Morgan fingerprint density at radius 3 is 2.62 bits per heavy atom. The lowest BCUT2D eigenvalue weighted by Crippen LogP contribution is -2.52. The molecule has 0 spiro atoms. The maximum atomic E-state index is 13.4. The van der Waals surface area contributed by atoms with Crippen LogP contribution in [0, 0.1) is 17.2 Å². The smallest absolute Gasteiger partial charge is 0.227 e. The fourth-order valence-corrected chi connectivity index (χ4v) is 4.54. The van der Waals surface area contributed by atoms with Gasteiger partial charge >= 0.3 is 0 Å². The van der Waals surface area contributed by atoms with E-state index in [0.717, 1.165) is 29.7 Å². The number of hydrogen-bond acceptors (Lipinski definition) is 4. The molecule has 1 aliphatic heterocycles. The third kappa shape index (κ3) is 5.52. The summed E-state index contributed by atoms with van der Waals surface area (Å²) in [5.41, 5.74) is 2.67. The fourth-order valence-electron chi connectivity index (χ4n) is 4.54. The summed E-state index contributed by atoms with van der Waals surface area (Å²) < 4.78 is 0. The van der Waals surface area contributed by atoms with Crippen molar-refractivity contribution < 1.29 is 9.59 Å². The number of nitrogens with zero attached hydrogens (tertiary/aromatic N) is 3. The normalized spacial score (nSPS) is 17.4. The summed E-state index contributed by atoms with van der Waals surface area (Å²) in [6.45, 7) is 3.07. The van der Waals surface area contributed by atoms with Crippen LogP contribution in [0.2, 0.25) is 0 Å². The Balaban J connectivity index is 1.45. The molecule has 1 saturated heterocycles. The summed E-state index contributed by atoms with van der Waals surface area (Å²) in [5.74, 6) is -0.280. The van der Waals surface area contributed by atoms with Crippen LogP contribution in [0.25, 0.3) is 0 Å². The molecule has 0 radical (unpaired) electrons. The van der Waals surface area contributed by atoms with E-state index in [1.54, 1.807) is 24.7 Å². The van der Waals surface area contributed by atoms with Gasteiger partial charge in [0, 0.05) is 19.5 Å². The molecule has 7 heteroatoms. The van der Waals surface area contributed by atoms with Crippen LogP contribution in [-0.4, -0.2) is 39.8 Å². The number of nitrogens with one attached hydrogen (secondary N) is 2. The molecule has 174 valence electrons. The minimum Gasteiger partial charge on any atom is -0.347 e. The number of piperidine rings is 1. The van der Waals surface area contributed by atoms with Crippen molar-refractivity contribution in [3.05, 3.63) is 89.5 Å². The standard InChI is InChI=1S/C27H29N5O2/c1-27(24-17-29-19-30-24,15-21-9-11-22(16-28)12-10-21)31-26(34)23-8-5-13-32(18-23)25(33)14-20-6-3-2-4-7-20/h2-4,6-7,9-12,17,19,23H,5,8,13-15,18H2,1H3,(H,29,30)(H,31,34)/t23-,27?/m0/s1. The van der Waals surface area contributed by atoms with Gasteiger partial charge in [-0.2, -0.15) is 5.26 Å². The number of nitriles is 1. The lowest BCUT2D eigenvalue weighted by Gasteiger charge is -2.36. The van der Waals surface area contributed by atoms with Crippen LogP contribution in [0.15, 0.2) is 67.1 Å². The number of aromatic nitrogens is 2. The minimum atomic E-state index is -0.710. The number of carbonyl (C=O) groups excluding carboxylic acids is 2. The van der Waals surface area contributed by atoms with Gasteiger partial charge in [0.25, 0.3) is 0 Å². The zero-order valence-electron chi connectivity index (χ0n) is 19.3. The number of benzene rings is 2. The molecule has 1 aromatic heterocycles. The SMILES string of the molecule is CC(Cc1ccc(C#N)cc1)(NC(=O)[C@H]1CCCN(C(=O)Cc2ccccc2)C1)c1cnc[nH]1. The van der Waals surface area contributed by atoms with Crippen molar-refractivity contribution in [1.29, 1.82) is 5.26 Å². The highest BCUT2D eigenvalue weighted by atomic mass is 16.2. The molecule has 2 amide bonds. The topological polar surface area (TPSA) is 102 Å². The zero-order chi connectivity index (χ0) is 24.0. The van der Waals surface area contributed by atoms with Gasteiger partial charge in [-0.15, -0.1) is 0 Å². The summed E-state index contributed by atoms with van der Waals surface area (Å²) in [6, 6.07) is 19.2. The number of imidazole rings is 1. The second-order valence-electron chi connectivity index (χ2n) is 9.11. The highest BCUT2D eigenvalue weighted by Gasteiger charge is 2.35. The van der Waals surface area contributed by atoms with Crippen molar-refractivity contribution in [2.45, 2.75) is 38.1 Å². The van der Waals surface area contributed by atoms with E-state index >= 15 is 0 Å². The van der Waals surface area contributed by atoms with Gasteiger partial charge in [-0.25, -0.2) is 4.98 Å². The molecular weight excluding hydrogens is 426 g/mol. The first-order valence-electron chi connectivity index (χ1n) is 11.6. The molecule has 2 heterocycles. The molecule has 1 fully saturated rings. The number of rotatable bonds is 7. The largest absolute Gasteiger partial charge is 0.347 e. The van der Waals surface area contributed by atoms with Crippen LogP contribution >= 0.6 is 0 Å². The first kappa shape index (κ1) is 23.2. The number of amides is 2. The second kappa shape index (κ2) is 10.3. The molecule has 0 aliphatic carbocycles. The highest BCUT2D eigenvalue weighted by molar-refractivity contribution is 5.83. The predicted molar refractivity (Wildman–Crippen MR) is 128 cm³/mol. The molecule has 3 aromatic rings. The maximum Gasteiger partial charge on any atom is 0.227 e. The van der Waals surface area contributed by atoms with Crippen LogP contribution in [0.4, 0.5) is 0 Å². The van der Waals surface area contributed by atoms with E-state index in [4.69, 9.17) is 5.26 Å². The molecule has 7 nitrogen and oxygen atoms in total. The Labute approximate surface area is 199 Å². The molecular formula is C27H29N5O2. The van der Waals surface area contributed by atoms with Crippen molar-refractivity contribution in [3.63, 3.8) is 0 Å². The Bertz CT molecular complexity index is 1150. The summed E-state index contributed by atoms with van der Waals surface area (Å²) >= 11 is 0. The fraction of sp³-hybridized carbons (Fsp3) is 0.333. The van der Waals surface area contributed by atoms with Gasteiger partial charge in [0.05, 0.1) is 47.7 Å². The minimum absolute atomic E-state index is 0.0533. The molecule has 34 heavy (non-hydrogen) atoms. The van der Waals surface area contributed by atoms with Crippen molar-refractivity contribution in [3.8, 4) is 6.07 Å². The Morgan fingerprint density at radius 2 is 1.94 bits per heavy atom. The van der Waals surface area contributed by atoms with Gasteiger partial charge in [0.1, 0.15) is 0 Å². The van der Waals surface area contributed by atoms with Crippen LogP contribution in [-0.2, 0) is 28.0 Å². The number of aromatic amines is 1. The van der Waals surface area contributed by atoms with Gasteiger partial charge in [0.2, 0.25) is 11.8 Å². The van der Waals surface area contributed by atoms with E-state index < -0.39 is 5.54 Å². The van der Waals surface area contributed by atoms with E-state index in [9.17, 15) is 9.59 Å². The molecule has 0 bridgehead atoms. The van der Waals surface area contributed by atoms with Crippen molar-refractivity contribution >= 4 is 11.8 Å². The third-order valence-electron chi connectivity index (χ3n) is 6.48. The Morgan fingerprint density at radius 1 is 1.18 bits per heavy atom. The van der Waals surface area contributed by atoms with Crippen molar-refractivity contribution in [2.75, 3.05) is 13.1 Å². The predicted octanol–water partition coefficient (Wildman–Crippen LogP) is 3.34. The third-order valence-corrected chi connectivity index (χ3v) is 6.48. The van der Waals surface area contributed by atoms with Gasteiger partial charge in [-0.3, -0.25) is 9.59 Å². The van der Waals surface area contributed by atoms with E-state index in [1.165, 1.54) is 0 Å². The first-order valence-corrected chi connectivity index (χ1v) is 11.6. The zero-order valence-corrected chi connectivity index (χ0v) is 19.3. The highest BCUT2D eigenvalue weighted by Crippen LogP contribution is 2.26. The van der Waals surface area contributed by atoms with E-state index in [-0.39, 0.29) is 17.7 Å². The van der Waals surface area contributed by atoms with Crippen LogP contribution in [0.3, 0.4) is 0 Å². The Hall–Kier alpha value is -3.92. The molecule has 2 aromatic carbocycles. The average molecular weight is 456 g/mol. The summed E-state index contributed by atoms with van der Waals surface area (Å²) in [6.07, 6.45) is 5.76. The number of carbonyl (C=O) groups is 2. The molecule has 4 rings (SSSR count). The van der Waals surface area contributed by atoms with Crippen LogP contribution in [0.1, 0.15) is 42.1 Å². The summed E-state index contributed by atoms with van der Waals surface area (Å²) in [5, 5.41) is 12.3. The average Bonchev–Trinajstić information content (AvgIpc) is 3.41. The van der Waals surface area contributed by atoms with E-state index in [1.807, 2.05) is 54.3 Å². The lowest BCUT2D eigenvalue weighted by atomic mass is 9.87. The summed E-state index contributed by atoms with van der Waals surface area (Å²) in [4.78, 5) is 35.4. The molecule has 2 N–H and O–H groups in total. The lowest BCUT2D eigenvalue weighted by molar-refractivity contribution is -0.135. The van der Waals surface area contributed by atoms with Gasteiger partial charge in [0.15, 0.2) is 0 Å². The quantitative estimate of drug-likeness (QED) is 0.570. The first-order chi connectivity index (χ1) is 16.5. The van der Waals surface area contributed by atoms with Crippen LogP contribution < -0.4 is 5.32 Å².